The Morgan fingerprint density at radius 3 is 2.69 bits per heavy atom. The van der Waals surface area contributed by atoms with Crippen molar-refractivity contribution in [3.05, 3.63) is 65.7 Å². The molecule has 1 fully saturated rings. The van der Waals surface area contributed by atoms with Gasteiger partial charge in [0.15, 0.2) is 5.58 Å². The first-order valence-corrected chi connectivity index (χ1v) is 10.1. The van der Waals surface area contributed by atoms with Gasteiger partial charge in [-0.2, -0.15) is 18.4 Å². The second-order valence-corrected chi connectivity index (χ2v) is 8.30. The molecular weight excluding hydrogens is 419 g/mol. The molecule has 2 aromatic carbocycles. The summed E-state index contributed by atoms with van der Waals surface area (Å²) in [5.74, 6) is 0.887. The van der Waals surface area contributed by atoms with E-state index in [9.17, 15) is 18.4 Å². The maximum absolute atomic E-state index is 13.4. The average molecular weight is 437 g/mol. The minimum Gasteiger partial charge on any atom is -0.435 e. The smallest absolute Gasteiger partial charge is 0.420 e. The Kier molecular flexibility index (Phi) is 4.55. The number of oxazole rings is 1. The van der Waals surface area contributed by atoms with Crippen LogP contribution in [0.15, 0.2) is 53.2 Å². The first kappa shape index (κ1) is 20.2. The van der Waals surface area contributed by atoms with Gasteiger partial charge in [-0.15, -0.1) is 10.2 Å². The van der Waals surface area contributed by atoms with Gasteiger partial charge in [-0.3, -0.25) is 0 Å². The summed E-state index contributed by atoms with van der Waals surface area (Å²) in [6, 6.07) is 13.6. The lowest BCUT2D eigenvalue weighted by molar-refractivity contribution is -0.136. The predicted molar refractivity (Wildman–Crippen MR) is 109 cm³/mol. The lowest BCUT2D eigenvalue weighted by atomic mass is 9.57. The van der Waals surface area contributed by atoms with E-state index in [0.29, 0.717) is 24.8 Å². The molecule has 32 heavy (non-hydrogen) atoms. The normalized spacial score (nSPS) is 20.8. The second-order valence-electron chi connectivity index (χ2n) is 8.30. The van der Waals surface area contributed by atoms with Crippen molar-refractivity contribution in [2.45, 2.75) is 30.9 Å². The Balaban J connectivity index is 1.55. The molecule has 2 heterocycles. The van der Waals surface area contributed by atoms with Crippen molar-refractivity contribution in [2.75, 3.05) is 0 Å². The maximum atomic E-state index is 13.4. The highest BCUT2D eigenvalue weighted by Gasteiger charge is 2.46. The number of hydrogen-bond acceptors (Lipinski definition) is 5. The number of para-hydroxylation sites is 1. The molecule has 4 aromatic rings. The average Bonchev–Trinajstić information content (AvgIpc) is 3.35. The predicted octanol–water partition coefficient (Wildman–Crippen LogP) is 5.06. The Morgan fingerprint density at radius 2 is 2.00 bits per heavy atom. The maximum Gasteiger partial charge on any atom is 0.420 e. The van der Waals surface area contributed by atoms with E-state index in [1.807, 2.05) is 29.8 Å². The summed E-state index contributed by atoms with van der Waals surface area (Å²) in [5, 5.41) is 17.5. The molecule has 9 heteroatoms. The van der Waals surface area contributed by atoms with Crippen LogP contribution in [0.25, 0.3) is 22.6 Å². The Hall–Kier alpha value is -3.67. The van der Waals surface area contributed by atoms with Gasteiger partial charge in [0.2, 0.25) is 5.89 Å². The quantitative estimate of drug-likeness (QED) is 0.446. The minimum absolute atomic E-state index is 0.0504. The molecule has 0 N–H and O–H groups in total. The minimum atomic E-state index is -4.53. The van der Waals surface area contributed by atoms with Gasteiger partial charge in [0, 0.05) is 30.4 Å². The Labute approximate surface area is 181 Å². The molecule has 1 aliphatic carbocycles. The summed E-state index contributed by atoms with van der Waals surface area (Å²) in [7, 11) is 1.87. The van der Waals surface area contributed by atoms with Crippen molar-refractivity contribution in [2.24, 2.45) is 13.0 Å². The van der Waals surface area contributed by atoms with E-state index in [2.05, 4.69) is 21.3 Å². The van der Waals surface area contributed by atoms with Crippen LogP contribution >= 0.6 is 0 Å². The third-order valence-electron chi connectivity index (χ3n) is 6.20. The van der Waals surface area contributed by atoms with Crippen LogP contribution in [0, 0.1) is 17.2 Å². The van der Waals surface area contributed by atoms with Gasteiger partial charge in [-0.05, 0) is 42.7 Å². The summed E-state index contributed by atoms with van der Waals surface area (Å²) in [6.45, 7) is 0. The molecule has 0 radical (unpaired) electrons. The first-order chi connectivity index (χ1) is 15.3. The lowest BCUT2D eigenvalue weighted by Crippen LogP contribution is -2.43. The molecule has 0 aliphatic heterocycles. The number of benzene rings is 2. The summed E-state index contributed by atoms with van der Waals surface area (Å²) < 4.78 is 47.5. The molecule has 0 saturated heterocycles. The van der Waals surface area contributed by atoms with Crippen LogP contribution in [-0.2, 0) is 25.1 Å². The highest BCUT2D eigenvalue weighted by molar-refractivity contribution is 5.80. The number of rotatable bonds is 4. The summed E-state index contributed by atoms with van der Waals surface area (Å²) >= 11 is 0. The zero-order chi connectivity index (χ0) is 22.5. The summed E-state index contributed by atoms with van der Waals surface area (Å²) in [5.41, 5.74) is 0.289. The number of aryl methyl sites for hydroxylation is 1. The first-order valence-electron chi connectivity index (χ1n) is 10.1. The third kappa shape index (κ3) is 3.32. The van der Waals surface area contributed by atoms with E-state index in [1.54, 1.807) is 12.4 Å². The Bertz CT molecular complexity index is 1340. The second kappa shape index (κ2) is 7.19. The van der Waals surface area contributed by atoms with Crippen LogP contribution in [0.3, 0.4) is 0 Å². The number of hydrogen-bond donors (Lipinski definition) is 0. The molecule has 162 valence electrons. The number of nitriles is 1. The molecule has 0 unspecified atom stereocenters. The molecule has 0 bridgehead atoms. The fraction of sp³-hybridized carbons (Fsp3) is 0.304. The molecule has 1 aliphatic rings. The zero-order valence-corrected chi connectivity index (χ0v) is 17.1. The van der Waals surface area contributed by atoms with Crippen LogP contribution in [0.5, 0.6) is 0 Å². The molecule has 1 saturated carbocycles. The van der Waals surface area contributed by atoms with Crippen molar-refractivity contribution in [1.82, 2.24) is 19.7 Å². The largest absolute Gasteiger partial charge is 0.435 e. The highest BCUT2D eigenvalue weighted by Crippen LogP contribution is 2.50. The van der Waals surface area contributed by atoms with Crippen molar-refractivity contribution < 1.29 is 17.6 Å². The fourth-order valence-corrected chi connectivity index (χ4v) is 4.50. The topological polar surface area (TPSA) is 80.5 Å². The van der Waals surface area contributed by atoms with Gasteiger partial charge < -0.3 is 8.98 Å². The van der Waals surface area contributed by atoms with E-state index in [1.165, 1.54) is 12.1 Å². The van der Waals surface area contributed by atoms with E-state index in [-0.39, 0.29) is 28.3 Å². The Morgan fingerprint density at radius 1 is 1.22 bits per heavy atom. The SMILES string of the molecule is Cn1cnnc1C[C@]1(c2cccc(-c3nc4cccc(C(F)(F)F)c4o3)c2)C[C@H](C#N)C1. The number of alkyl halides is 3. The number of fused-ring (bicyclic) bond motifs is 1. The van der Waals surface area contributed by atoms with Gasteiger partial charge in [0.1, 0.15) is 23.2 Å². The molecule has 0 amide bonds. The van der Waals surface area contributed by atoms with Gasteiger partial charge in [0.25, 0.3) is 0 Å². The molecule has 0 spiro atoms. The lowest BCUT2D eigenvalue weighted by Gasteiger charge is -2.45. The third-order valence-corrected chi connectivity index (χ3v) is 6.20. The zero-order valence-electron chi connectivity index (χ0n) is 17.1. The van der Waals surface area contributed by atoms with Crippen LogP contribution < -0.4 is 0 Å². The summed E-state index contributed by atoms with van der Waals surface area (Å²) in [4.78, 5) is 4.30. The van der Waals surface area contributed by atoms with Gasteiger partial charge in [-0.25, -0.2) is 4.98 Å². The number of halogens is 3. The van der Waals surface area contributed by atoms with Crippen molar-refractivity contribution in [3.8, 4) is 17.5 Å². The van der Waals surface area contributed by atoms with Gasteiger partial charge in [-0.1, -0.05) is 18.2 Å². The van der Waals surface area contributed by atoms with Crippen molar-refractivity contribution in [3.63, 3.8) is 0 Å². The summed E-state index contributed by atoms with van der Waals surface area (Å²) in [6.07, 6.45) is -0.943. The molecule has 5 rings (SSSR count). The van der Waals surface area contributed by atoms with Crippen molar-refractivity contribution in [1.29, 1.82) is 5.26 Å². The van der Waals surface area contributed by atoms with Crippen LogP contribution in [0.2, 0.25) is 0 Å². The van der Waals surface area contributed by atoms with E-state index >= 15 is 0 Å². The molecule has 2 aromatic heterocycles. The standard InChI is InChI=1S/C23H18F3N5O/c1-31-13-28-30-19(31)11-22(9-14(10-22)12-27)16-5-2-4-15(8-16)21-29-18-7-3-6-17(20(18)32-21)23(24,25)26/h2-8,13-14H,9-11H2,1H3/t14-,22-. The van der Waals surface area contributed by atoms with E-state index in [4.69, 9.17) is 4.42 Å². The number of nitrogens with zero attached hydrogens (tertiary/aromatic N) is 5. The van der Waals surface area contributed by atoms with E-state index in [0.717, 1.165) is 17.5 Å². The van der Waals surface area contributed by atoms with Crippen LogP contribution in [-0.4, -0.2) is 19.7 Å². The highest BCUT2D eigenvalue weighted by atomic mass is 19.4. The molecule has 6 nitrogen and oxygen atoms in total. The van der Waals surface area contributed by atoms with Gasteiger partial charge in [0.05, 0.1) is 6.07 Å². The number of aromatic nitrogens is 4. The van der Waals surface area contributed by atoms with Crippen LogP contribution in [0.1, 0.15) is 29.8 Å². The van der Waals surface area contributed by atoms with Crippen LogP contribution in [0.4, 0.5) is 13.2 Å². The fourth-order valence-electron chi connectivity index (χ4n) is 4.50. The molecular formula is C23H18F3N5O. The molecule has 0 atom stereocenters. The van der Waals surface area contributed by atoms with E-state index < -0.39 is 11.7 Å². The van der Waals surface area contributed by atoms with Gasteiger partial charge >= 0.3 is 6.18 Å². The monoisotopic (exact) mass is 437 g/mol. The van der Waals surface area contributed by atoms with Crippen molar-refractivity contribution >= 4 is 11.1 Å².